The fourth-order valence-electron chi connectivity index (χ4n) is 5.90. The minimum Gasteiger partial charge on any atom is -0.493 e. The molecule has 0 radical (unpaired) electrons. The SMILES string of the molecule is COc1cc(CC2C(=O)OCC2c2ccc(OC3OC(CO)C(O)C(O)C3O)c(OC)c2)ccc1OC1OC(CO)C(O)C(O)C1O. The molecule has 3 saturated heterocycles. The van der Waals surface area contributed by atoms with Gasteiger partial charge in [-0.05, 0) is 41.8 Å². The maximum absolute atomic E-state index is 12.9. The monoisotopic (exact) mass is 668 g/mol. The van der Waals surface area contributed by atoms with Crippen LogP contribution in [0.3, 0.4) is 0 Å². The van der Waals surface area contributed by atoms with Crippen molar-refractivity contribution in [2.75, 3.05) is 34.0 Å². The molecular formula is C31H40O16. The number of hydrogen-bond acceptors (Lipinski definition) is 16. The van der Waals surface area contributed by atoms with Gasteiger partial charge in [-0.25, -0.2) is 0 Å². The number of benzene rings is 2. The van der Waals surface area contributed by atoms with Crippen LogP contribution in [0.15, 0.2) is 36.4 Å². The van der Waals surface area contributed by atoms with Crippen molar-refractivity contribution in [3.05, 3.63) is 47.5 Å². The van der Waals surface area contributed by atoms with Crippen LogP contribution >= 0.6 is 0 Å². The van der Waals surface area contributed by atoms with Gasteiger partial charge in [0.2, 0.25) is 12.6 Å². The van der Waals surface area contributed by atoms with Crippen molar-refractivity contribution < 1.29 is 78.8 Å². The Morgan fingerprint density at radius 2 is 1.19 bits per heavy atom. The van der Waals surface area contributed by atoms with E-state index >= 15 is 0 Å². The molecule has 16 nitrogen and oxygen atoms in total. The van der Waals surface area contributed by atoms with Gasteiger partial charge in [-0.1, -0.05) is 12.1 Å². The summed E-state index contributed by atoms with van der Waals surface area (Å²) in [6.45, 7) is -1.13. The number of methoxy groups -OCH3 is 2. The van der Waals surface area contributed by atoms with Crippen LogP contribution in [0.4, 0.5) is 0 Å². The first-order valence-electron chi connectivity index (χ1n) is 15.0. The molecule has 260 valence electrons. The second kappa shape index (κ2) is 14.9. The fourth-order valence-corrected chi connectivity index (χ4v) is 5.90. The summed E-state index contributed by atoms with van der Waals surface area (Å²) in [5, 5.41) is 79.9. The Morgan fingerprint density at radius 3 is 1.70 bits per heavy atom. The summed E-state index contributed by atoms with van der Waals surface area (Å²) in [5.41, 5.74) is 1.37. The average molecular weight is 669 g/mol. The molecule has 3 aliphatic heterocycles. The van der Waals surface area contributed by atoms with Gasteiger partial charge in [-0.3, -0.25) is 4.79 Å². The normalized spacial score (nSPS) is 35.7. The predicted molar refractivity (Wildman–Crippen MR) is 156 cm³/mol. The van der Waals surface area contributed by atoms with E-state index in [-0.39, 0.29) is 36.0 Å². The molecule has 0 spiro atoms. The van der Waals surface area contributed by atoms with Crippen LogP contribution in [0.5, 0.6) is 23.0 Å². The first-order valence-corrected chi connectivity index (χ1v) is 15.0. The van der Waals surface area contributed by atoms with Crippen molar-refractivity contribution in [1.82, 2.24) is 0 Å². The van der Waals surface area contributed by atoms with Gasteiger partial charge < -0.3 is 74.0 Å². The number of aliphatic hydroxyl groups excluding tert-OH is 8. The number of cyclic esters (lactones) is 1. The van der Waals surface area contributed by atoms with Crippen molar-refractivity contribution >= 4 is 5.97 Å². The van der Waals surface area contributed by atoms with Crippen LogP contribution in [0, 0.1) is 5.92 Å². The lowest BCUT2D eigenvalue weighted by Gasteiger charge is -2.39. The first kappa shape index (κ1) is 35.0. The molecule has 2 aromatic carbocycles. The number of carbonyl (C=O) groups is 1. The molecule has 2 aromatic rings. The highest BCUT2D eigenvalue weighted by atomic mass is 16.7. The molecular weight excluding hydrogens is 628 g/mol. The van der Waals surface area contributed by atoms with Crippen LogP contribution in [0.1, 0.15) is 17.0 Å². The Kier molecular flexibility index (Phi) is 11.1. The molecule has 12 atom stereocenters. The zero-order valence-corrected chi connectivity index (χ0v) is 25.6. The van der Waals surface area contributed by atoms with E-state index in [9.17, 15) is 45.6 Å². The summed E-state index contributed by atoms with van der Waals surface area (Å²) < 4.78 is 38.7. The summed E-state index contributed by atoms with van der Waals surface area (Å²) in [6.07, 6.45) is -14.4. The second-order valence-corrected chi connectivity index (χ2v) is 11.6. The molecule has 0 amide bonds. The molecule has 0 bridgehead atoms. The number of aliphatic hydroxyl groups is 8. The molecule has 3 aliphatic rings. The first-order chi connectivity index (χ1) is 22.5. The fraction of sp³-hybridized carbons (Fsp3) is 0.581. The molecule has 12 unspecified atom stereocenters. The lowest BCUT2D eigenvalue weighted by molar-refractivity contribution is -0.277. The summed E-state index contributed by atoms with van der Waals surface area (Å²) in [6, 6.07) is 9.75. The van der Waals surface area contributed by atoms with Gasteiger partial charge in [0.15, 0.2) is 23.0 Å². The van der Waals surface area contributed by atoms with Crippen molar-refractivity contribution in [2.24, 2.45) is 5.92 Å². The highest BCUT2D eigenvalue weighted by molar-refractivity contribution is 5.76. The third kappa shape index (κ3) is 7.12. The topological polar surface area (TPSA) is 244 Å². The van der Waals surface area contributed by atoms with Crippen LogP contribution in [-0.4, -0.2) is 142 Å². The third-order valence-corrected chi connectivity index (χ3v) is 8.68. The van der Waals surface area contributed by atoms with E-state index in [4.69, 9.17) is 33.2 Å². The predicted octanol–water partition coefficient (Wildman–Crippen LogP) is -2.44. The second-order valence-electron chi connectivity index (χ2n) is 11.6. The molecule has 5 rings (SSSR count). The Morgan fingerprint density at radius 1 is 0.681 bits per heavy atom. The largest absolute Gasteiger partial charge is 0.493 e. The standard InChI is InChI=1S/C31H40O16/c1-41-19-8-13(3-5-17(19)44-30-27(38)25(36)23(34)21(10-32)46-30)7-15-16(12-43-29(15)40)14-4-6-18(20(9-14)42-2)45-31-28(39)26(37)24(35)22(11-33)47-31/h3-6,8-9,15-16,21-28,30-39H,7,10-12H2,1-2H3. The third-order valence-electron chi connectivity index (χ3n) is 8.68. The minimum absolute atomic E-state index is 0.0923. The van der Waals surface area contributed by atoms with E-state index in [1.807, 2.05) is 0 Å². The van der Waals surface area contributed by atoms with E-state index in [2.05, 4.69) is 0 Å². The van der Waals surface area contributed by atoms with Gasteiger partial charge in [0, 0.05) is 5.92 Å². The maximum atomic E-state index is 12.9. The lowest BCUT2D eigenvalue weighted by Crippen LogP contribution is -2.60. The van der Waals surface area contributed by atoms with E-state index in [0.717, 1.165) is 0 Å². The molecule has 0 aromatic heterocycles. The van der Waals surface area contributed by atoms with Crippen molar-refractivity contribution in [3.63, 3.8) is 0 Å². The Labute approximate surface area is 269 Å². The van der Waals surface area contributed by atoms with E-state index in [0.29, 0.717) is 11.1 Å². The summed E-state index contributed by atoms with van der Waals surface area (Å²) in [5.74, 6) is -0.676. The highest BCUT2D eigenvalue weighted by Gasteiger charge is 2.46. The Hall–Kier alpha value is -3.29. The molecule has 16 heteroatoms. The number of rotatable bonds is 11. The van der Waals surface area contributed by atoms with E-state index in [1.165, 1.54) is 14.2 Å². The van der Waals surface area contributed by atoms with Crippen LogP contribution in [0.2, 0.25) is 0 Å². The van der Waals surface area contributed by atoms with Gasteiger partial charge in [-0.2, -0.15) is 0 Å². The number of carbonyl (C=O) groups excluding carboxylic acids is 1. The quantitative estimate of drug-likeness (QED) is 0.116. The lowest BCUT2D eigenvalue weighted by atomic mass is 9.84. The number of hydrogen-bond donors (Lipinski definition) is 8. The van der Waals surface area contributed by atoms with Gasteiger partial charge in [-0.15, -0.1) is 0 Å². The van der Waals surface area contributed by atoms with Crippen molar-refractivity contribution in [1.29, 1.82) is 0 Å². The molecule has 47 heavy (non-hydrogen) atoms. The highest BCUT2D eigenvalue weighted by Crippen LogP contribution is 2.40. The molecule has 0 saturated carbocycles. The van der Waals surface area contributed by atoms with Crippen LogP contribution in [0.25, 0.3) is 0 Å². The smallest absolute Gasteiger partial charge is 0.310 e. The van der Waals surface area contributed by atoms with Gasteiger partial charge in [0.1, 0.15) is 48.8 Å². The van der Waals surface area contributed by atoms with Gasteiger partial charge in [0.05, 0.1) is 40.0 Å². The maximum Gasteiger partial charge on any atom is 0.310 e. The molecule has 3 fully saturated rings. The summed E-state index contributed by atoms with van der Waals surface area (Å²) in [7, 11) is 2.79. The van der Waals surface area contributed by atoms with Crippen LogP contribution in [-0.2, 0) is 25.4 Å². The van der Waals surface area contributed by atoms with E-state index in [1.54, 1.807) is 36.4 Å². The van der Waals surface area contributed by atoms with Crippen molar-refractivity contribution in [2.45, 2.75) is 73.8 Å². The van der Waals surface area contributed by atoms with Gasteiger partial charge >= 0.3 is 5.97 Å². The average Bonchev–Trinajstić information content (AvgIpc) is 3.44. The number of ether oxygens (including phenoxy) is 7. The Balaban J connectivity index is 1.30. The molecule has 0 aliphatic carbocycles. The summed E-state index contributed by atoms with van der Waals surface area (Å²) >= 11 is 0. The zero-order valence-electron chi connectivity index (χ0n) is 25.6. The molecule has 8 N–H and O–H groups in total. The Bertz CT molecular complexity index is 1370. The summed E-state index contributed by atoms with van der Waals surface area (Å²) in [4.78, 5) is 12.9. The van der Waals surface area contributed by atoms with Crippen molar-refractivity contribution in [3.8, 4) is 23.0 Å². The van der Waals surface area contributed by atoms with Crippen LogP contribution < -0.4 is 18.9 Å². The minimum atomic E-state index is -1.62. The van der Waals surface area contributed by atoms with Gasteiger partial charge in [0.25, 0.3) is 0 Å². The number of esters is 1. The zero-order chi connectivity index (χ0) is 34.0. The van der Waals surface area contributed by atoms with E-state index < -0.39 is 92.4 Å². The molecule has 3 heterocycles.